The van der Waals surface area contributed by atoms with Crippen molar-refractivity contribution in [2.24, 2.45) is 5.73 Å². The van der Waals surface area contributed by atoms with Gasteiger partial charge < -0.3 is 10.5 Å². The Kier molecular flexibility index (Phi) is 4.31. The first-order valence-electron chi connectivity index (χ1n) is 7.49. The molecular formula is C13H20N3O7P. The Morgan fingerprint density at radius 3 is 2.83 bits per heavy atom. The zero-order valence-electron chi connectivity index (χ0n) is 13.5. The molecule has 1 aromatic heterocycles. The maximum absolute atomic E-state index is 12.5. The van der Waals surface area contributed by atoms with Gasteiger partial charge in [-0.3, -0.25) is 27.9 Å². The molecule has 3 N–H and O–H groups in total. The van der Waals surface area contributed by atoms with E-state index in [1.54, 1.807) is 20.8 Å². The van der Waals surface area contributed by atoms with E-state index < -0.39 is 43.0 Å². The van der Waals surface area contributed by atoms with Crippen molar-refractivity contribution in [3.63, 3.8) is 0 Å². The Bertz CT molecular complexity index is 786. The highest BCUT2D eigenvalue weighted by Gasteiger charge is 2.59. The summed E-state index contributed by atoms with van der Waals surface area (Å²) in [4.78, 5) is 25.4. The highest BCUT2D eigenvalue weighted by atomic mass is 31.2. The lowest BCUT2D eigenvalue weighted by Gasteiger charge is -2.36. The third-order valence-electron chi connectivity index (χ3n) is 3.87. The number of hydrogen-bond donors (Lipinski definition) is 2. The number of ether oxygens (including phenoxy) is 1. The fourth-order valence-corrected chi connectivity index (χ4v) is 4.52. The third-order valence-corrected chi connectivity index (χ3v) is 5.50. The molecule has 3 rings (SSSR count). The minimum absolute atomic E-state index is 0.0456. The second kappa shape index (κ2) is 5.91. The van der Waals surface area contributed by atoms with Crippen LogP contribution < -0.4 is 17.0 Å². The molecule has 2 fully saturated rings. The number of rotatable bonds is 3. The van der Waals surface area contributed by atoms with E-state index in [9.17, 15) is 14.2 Å². The van der Waals surface area contributed by atoms with Gasteiger partial charge in [0.25, 0.3) is 5.56 Å². The number of nitrogens with zero attached hydrogens (tertiary/aromatic N) is 1. The van der Waals surface area contributed by atoms with Gasteiger partial charge in [-0.15, -0.1) is 0 Å². The average Bonchev–Trinajstić information content (AvgIpc) is 2.69. The molecule has 2 aliphatic rings. The van der Waals surface area contributed by atoms with Crippen LogP contribution in [0.1, 0.15) is 27.0 Å². The number of aromatic nitrogens is 2. The Hall–Kier alpha value is -1.29. The molecular weight excluding hydrogens is 341 g/mol. The minimum atomic E-state index is -3.76. The Morgan fingerprint density at radius 1 is 1.50 bits per heavy atom. The van der Waals surface area contributed by atoms with E-state index in [1.165, 1.54) is 12.3 Å². The van der Waals surface area contributed by atoms with Gasteiger partial charge in [0, 0.05) is 12.3 Å². The van der Waals surface area contributed by atoms with E-state index in [2.05, 4.69) is 4.98 Å². The van der Waals surface area contributed by atoms with Gasteiger partial charge in [-0.2, -0.15) is 0 Å². The van der Waals surface area contributed by atoms with Crippen LogP contribution in [-0.4, -0.2) is 40.0 Å². The first-order valence-corrected chi connectivity index (χ1v) is 8.95. The van der Waals surface area contributed by atoms with E-state index in [1.807, 2.05) is 0 Å². The van der Waals surface area contributed by atoms with Crippen LogP contribution in [0.4, 0.5) is 0 Å². The van der Waals surface area contributed by atoms with E-state index in [0.717, 1.165) is 4.57 Å². The number of phosphoric acid groups is 1. The quantitative estimate of drug-likeness (QED) is 0.724. The molecule has 0 amide bonds. The number of nitrogens with two attached hydrogens (primary N) is 1. The van der Waals surface area contributed by atoms with E-state index >= 15 is 0 Å². The Morgan fingerprint density at radius 2 is 2.21 bits per heavy atom. The van der Waals surface area contributed by atoms with Gasteiger partial charge >= 0.3 is 13.5 Å². The van der Waals surface area contributed by atoms with Crippen molar-refractivity contribution in [2.75, 3.05) is 6.61 Å². The number of fused-ring (bicyclic) bond motifs is 1. The summed E-state index contributed by atoms with van der Waals surface area (Å²) in [5.74, 6) is 0. The fraction of sp³-hybridized carbons (Fsp3) is 0.692. The van der Waals surface area contributed by atoms with Crippen LogP contribution in [0.15, 0.2) is 21.9 Å². The molecule has 0 bridgehead atoms. The summed E-state index contributed by atoms with van der Waals surface area (Å²) in [6, 6.07) is 1.19. The van der Waals surface area contributed by atoms with E-state index in [-0.39, 0.29) is 12.7 Å². The summed E-state index contributed by atoms with van der Waals surface area (Å²) in [5, 5.41) is 0. The summed E-state index contributed by atoms with van der Waals surface area (Å²) >= 11 is 0. The first kappa shape index (κ1) is 17.5. The summed E-state index contributed by atoms with van der Waals surface area (Å²) in [6.45, 7) is 4.98. The van der Waals surface area contributed by atoms with E-state index in [0.29, 0.717) is 0 Å². The van der Waals surface area contributed by atoms with Gasteiger partial charge in [-0.25, -0.2) is 9.36 Å². The molecule has 0 aliphatic carbocycles. The second-order valence-electron chi connectivity index (χ2n) is 6.33. The minimum Gasteiger partial charge on any atom is -0.347 e. The van der Waals surface area contributed by atoms with Gasteiger partial charge in [0.2, 0.25) is 0 Å². The van der Waals surface area contributed by atoms with Crippen molar-refractivity contribution in [3.05, 3.63) is 33.1 Å². The second-order valence-corrected chi connectivity index (χ2v) is 7.91. The molecule has 0 saturated carbocycles. The van der Waals surface area contributed by atoms with Gasteiger partial charge in [0.15, 0.2) is 6.23 Å². The van der Waals surface area contributed by atoms with Crippen molar-refractivity contribution < 1.29 is 22.9 Å². The molecule has 1 aromatic rings. The van der Waals surface area contributed by atoms with Gasteiger partial charge in [0.1, 0.15) is 12.2 Å². The largest absolute Gasteiger partial charge is 0.475 e. The molecule has 11 heteroatoms. The number of nitrogens with one attached hydrogen (secondary N) is 1. The van der Waals surface area contributed by atoms with Gasteiger partial charge in [0.05, 0.1) is 18.2 Å². The lowest BCUT2D eigenvalue weighted by atomic mass is 9.93. The SMILES string of the molecule is CC(C)OP1(=O)OCC2OC(n3ccc(=O)[nH]c3=O)C(C)(N)C2O1. The molecule has 10 nitrogen and oxygen atoms in total. The van der Waals surface area contributed by atoms with Gasteiger partial charge in [-0.05, 0) is 20.8 Å². The summed E-state index contributed by atoms with van der Waals surface area (Å²) < 4.78 is 35.4. The molecule has 24 heavy (non-hydrogen) atoms. The molecule has 0 radical (unpaired) electrons. The van der Waals surface area contributed by atoms with Crippen LogP contribution in [0.25, 0.3) is 0 Å². The normalized spacial score (nSPS) is 39.1. The van der Waals surface area contributed by atoms with Crippen LogP contribution in [0.3, 0.4) is 0 Å². The number of H-pyrrole nitrogens is 1. The highest BCUT2D eigenvalue weighted by molar-refractivity contribution is 7.48. The first-order chi connectivity index (χ1) is 11.1. The predicted molar refractivity (Wildman–Crippen MR) is 82.5 cm³/mol. The van der Waals surface area contributed by atoms with Crippen molar-refractivity contribution in [1.82, 2.24) is 9.55 Å². The molecule has 0 aromatic carbocycles. The van der Waals surface area contributed by atoms with Crippen molar-refractivity contribution in [1.29, 1.82) is 0 Å². The molecule has 2 aliphatic heterocycles. The fourth-order valence-electron chi connectivity index (χ4n) is 2.86. The molecule has 2 saturated heterocycles. The van der Waals surface area contributed by atoms with Crippen LogP contribution in [0.5, 0.6) is 0 Å². The predicted octanol–water partition coefficient (Wildman–Crippen LogP) is 0.0999. The van der Waals surface area contributed by atoms with Crippen LogP contribution in [-0.2, 0) is 22.9 Å². The zero-order valence-corrected chi connectivity index (χ0v) is 14.4. The molecule has 5 unspecified atom stereocenters. The summed E-state index contributed by atoms with van der Waals surface area (Å²) in [5.41, 5.74) is 3.94. The van der Waals surface area contributed by atoms with Crippen molar-refractivity contribution >= 4 is 7.82 Å². The monoisotopic (exact) mass is 361 g/mol. The number of aromatic amines is 1. The molecule has 5 atom stereocenters. The standard InChI is InChI=1S/C13H20N3O7P/c1-7(2)22-24(19)20-6-8-10(23-24)13(3,14)11(21-8)16-5-4-9(17)15-12(16)18/h4-5,7-8,10-11H,6,14H2,1-3H3,(H,15,17,18). The average molecular weight is 361 g/mol. The maximum atomic E-state index is 12.5. The van der Waals surface area contributed by atoms with Crippen LogP contribution >= 0.6 is 7.82 Å². The zero-order chi connectivity index (χ0) is 17.7. The third kappa shape index (κ3) is 3.01. The summed E-state index contributed by atoms with van der Waals surface area (Å²) in [7, 11) is -3.76. The Balaban J connectivity index is 1.91. The van der Waals surface area contributed by atoms with E-state index in [4.69, 9.17) is 24.0 Å². The van der Waals surface area contributed by atoms with Crippen LogP contribution in [0.2, 0.25) is 0 Å². The summed E-state index contributed by atoms with van der Waals surface area (Å²) in [6.07, 6.45) is -1.43. The Labute approximate surface area is 137 Å². The number of hydrogen-bond acceptors (Lipinski definition) is 8. The molecule has 0 spiro atoms. The highest BCUT2D eigenvalue weighted by Crippen LogP contribution is 2.58. The smallest absolute Gasteiger partial charge is 0.347 e. The molecule has 134 valence electrons. The lowest BCUT2D eigenvalue weighted by Crippen LogP contribution is -2.55. The lowest BCUT2D eigenvalue weighted by molar-refractivity contribution is -0.0749. The molecule has 3 heterocycles. The number of phosphoric ester groups is 1. The topological polar surface area (TPSA) is 135 Å². The van der Waals surface area contributed by atoms with Crippen LogP contribution in [0, 0.1) is 0 Å². The van der Waals surface area contributed by atoms with Crippen molar-refractivity contribution in [3.8, 4) is 0 Å². The maximum Gasteiger partial charge on any atom is 0.475 e. The van der Waals surface area contributed by atoms with Gasteiger partial charge in [-0.1, -0.05) is 0 Å². The van der Waals surface area contributed by atoms with Crippen molar-refractivity contribution in [2.45, 2.75) is 50.8 Å².